The molecule has 0 aliphatic carbocycles. The molecule has 0 fully saturated rings. The van der Waals surface area contributed by atoms with E-state index in [4.69, 9.17) is 20.6 Å². The van der Waals surface area contributed by atoms with Crippen molar-refractivity contribution in [3.63, 3.8) is 0 Å². The van der Waals surface area contributed by atoms with Crippen molar-refractivity contribution < 1.29 is 23.8 Å². The molecule has 0 bridgehead atoms. The summed E-state index contributed by atoms with van der Waals surface area (Å²) < 4.78 is 16.5. The van der Waals surface area contributed by atoms with Gasteiger partial charge in [-0.05, 0) is 53.1 Å². The average Bonchev–Trinajstić information content (AvgIpc) is 2.61. The SMILES string of the molecule is C#CCOC(=O)CCCCC(=O)OCC(=C)COc1ccccc1I. The lowest BCUT2D eigenvalue weighted by molar-refractivity contribution is -0.144. The standard InChI is InChI=1S/C19H21IO5/c1-3-12-23-18(21)10-6-7-11-19(22)25-14-15(2)13-24-17-9-5-4-8-16(17)20/h1,4-5,8-9H,2,6-7,10-14H2. The van der Waals surface area contributed by atoms with Crippen molar-refractivity contribution in [1.29, 1.82) is 0 Å². The first-order chi connectivity index (χ1) is 12.0. The Bertz CT molecular complexity index is 633. The highest BCUT2D eigenvalue weighted by molar-refractivity contribution is 14.1. The topological polar surface area (TPSA) is 61.8 Å². The normalized spacial score (nSPS) is 9.76. The van der Waals surface area contributed by atoms with E-state index < -0.39 is 0 Å². The third kappa shape index (κ3) is 9.77. The fourth-order valence-electron chi connectivity index (χ4n) is 1.77. The van der Waals surface area contributed by atoms with Crippen LogP contribution < -0.4 is 4.74 Å². The van der Waals surface area contributed by atoms with Gasteiger partial charge in [0.05, 0.1) is 3.57 Å². The molecule has 5 nitrogen and oxygen atoms in total. The van der Waals surface area contributed by atoms with Gasteiger partial charge < -0.3 is 14.2 Å². The second kappa shape index (κ2) is 12.4. The summed E-state index contributed by atoms with van der Waals surface area (Å²) in [6.45, 7) is 4.22. The first kappa shape index (κ1) is 21.0. The van der Waals surface area contributed by atoms with Crippen molar-refractivity contribution in [2.45, 2.75) is 25.7 Å². The smallest absolute Gasteiger partial charge is 0.306 e. The number of hydrogen-bond acceptors (Lipinski definition) is 5. The van der Waals surface area contributed by atoms with Crippen LogP contribution in [0.15, 0.2) is 36.4 Å². The summed E-state index contributed by atoms with van der Waals surface area (Å²) in [5.74, 6) is 2.31. The van der Waals surface area contributed by atoms with E-state index in [9.17, 15) is 9.59 Å². The molecule has 0 amide bonds. The molecule has 0 heterocycles. The highest BCUT2D eigenvalue weighted by atomic mass is 127. The molecule has 0 atom stereocenters. The highest BCUT2D eigenvalue weighted by Gasteiger charge is 2.07. The minimum Gasteiger partial charge on any atom is -0.488 e. The lowest BCUT2D eigenvalue weighted by Gasteiger charge is -2.10. The number of benzene rings is 1. The van der Waals surface area contributed by atoms with Crippen molar-refractivity contribution in [3.8, 4) is 18.1 Å². The molecular formula is C19H21IO5. The van der Waals surface area contributed by atoms with E-state index in [0.29, 0.717) is 18.4 Å². The van der Waals surface area contributed by atoms with E-state index >= 15 is 0 Å². The van der Waals surface area contributed by atoms with Crippen molar-refractivity contribution in [1.82, 2.24) is 0 Å². The van der Waals surface area contributed by atoms with Gasteiger partial charge in [-0.3, -0.25) is 9.59 Å². The number of esters is 2. The molecule has 0 aromatic heterocycles. The number of para-hydroxylation sites is 1. The zero-order valence-corrected chi connectivity index (χ0v) is 16.1. The Morgan fingerprint density at radius 2 is 1.72 bits per heavy atom. The Labute approximate surface area is 161 Å². The summed E-state index contributed by atoms with van der Waals surface area (Å²) in [7, 11) is 0. The quantitative estimate of drug-likeness (QED) is 0.168. The lowest BCUT2D eigenvalue weighted by Crippen LogP contribution is -2.12. The largest absolute Gasteiger partial charge is 0.488 e. The molecule has 0 aliphatic rings. The molecule has 0 aliphatic heterocycles. The molecule has 6 heteroatoms. The first-order valence-corrected chi connectivity index (χ1v) is 8.89. The number of hydrogen-bond donors (Lipinski definition) is 0. The molecule has 0 saturated heterocycles. The number of carbonyl (C=O) groups excluding carboxylic acids is 2. The van der Waals surface area contributed by atoms with E-state index in [2.05, 4.69) is 35.1 Å². The van der Waals surface area contributed by atoms with Gasteiger partial charge in [0.1, 0.15) is 19.0 Å². The maximum Gasteiger partial charge on any atom is 0.306 e. The Kier molecular flexibility index (Phi) is 10.4. The molecule has 134 valence electrons. The highest BCUT2D eigenvalue weighted by Crippen LogP contribution is 2.20. The van der Waals surface area contributed by atoms with Gasteiger partial charge in [-0.25, -0.2) is 0 Å². The van der Waals surface area contributed by atoms with Gasteiger partial charge in [-0.15, -0.1) is 6.42 Å². The van der Waals surface area contributed by atoms with Gasteiger partial charge in [-0.2, -0.15) is 0 Å². The van der Waals surface area contributed by atoms with Crippen LogP contribution in [0.1, 0.15) is 25.7 Å². The average molecular weight is 456 g/mol. The van der Waals surface area contributed by atoms with Crippen molar-refractivity contribution in [2.24, 2.45) is 0 Å². The Hall–Kier alpha value is -2.01. The molecule has 0 unspecified atom stereocenters. The zero-order chi connectivity index (χ0) is 18.5. The summed E-state index contributed by atoms with van der Waals surface area (Å²) >= 11 is 2.19. The van der Waals surface area contributed by atoms with Gasteiger partial charge >= 0.3 is 11.9 Å². The number of halogens is 1. The molecule has 0 radical (unpaired) electrons. The summed E-state index contributed by atoms with van der Waals surface area (Å²) in [6, 6.07) is 7.64. The van der Waals surface area contributed by atoms with Crippen LogP contribution in [0.4, 0.5) is 0 Å². The fraction of sp³-hybridized carbons (Fsp3) is 0.368. The monoisotopic (exact) mass is 456 g/mol. The van der Waals surface area contributed by atoms with Crippen LogP contribution in [0.5, 0.6) is 5.75 Å². The van der Waals surface area contributed by atoms with Crippen LogP contribution in [-0.2, 0) is 19.1 Å². The second-order valence-corrected chi connectivity index (χ2v) is 6.36. The predicted octanol–water partition coefficient (Wildman–Crippen LogP) is 3.51. The third-order valence-electron chi connectivity index (χ3n) is 3.03. The van der Waals surface area contributed by atoms with Crippen molar-refractivity contribution in [2.75, 3.05) is 19.8 Å². The van der Waals surface area contributed by atoms with E-state index in [1.807, 2.05) is 24.3 Å². The van der Waals surface area contributed by atoms with Crippen LogP contribution in [0.25, 0.3) is 0 Å². The minimum absolute atomic E-state index is 0.0207. The summed E-state index contributed by atoms with van der Waals surface area (Å²) in [6.07, 6.45) is 6.57. The van der Waals surface area contributed by atoms with Crippen LogP contribution >= 0.6 is 22.6 Å². The number of rotatable bonds is 11. The molecular weight excluding hydrogens is 435 g/mol. The van der Waals surface area contributed by atoms with Crippen LogP contribution in [-0.4, -0.2) is 31.8 Å². The maximum atomic E-state index is 11.6. The maximum absolute atomic E-state index is 11.6. The van der Waals surface area contributed by atoms with E-state index in [0.717, 1.165) is 9.32 Å². The van der Waals surface area contributed by atoms with Crippen LogP contribution in [0, 0.1) is 15.9 Å². The van der Waals surface area contributed by atoms with E-state index in [-0.39, 0.29) is 44.6 Å². The van der Waals surface area contributed by atoms with Gasteiger partial charge in [0.2, 0.25) is 0 Å². The molecule has 1 aromatic carbocycles. The number of terminal acetylenes is 1. The summed E-state index contributed by atoms with van der Waals surface area (Å²) in [5.41, 5.74) is 0.672. The lowest BCUT2D eigenvalue weighted by atomic mass is 10.2. The minimum atomic E-state index is -0.354. The zero-order valence-electron chi connectivity index (χ0n) is 14.0. The summed E-state index contributed by atoms with van der Waals surface area (Å²) in [4.78, 5) is 22.9. The molecule has 25 heavy (non-hydrogen) atoms. The Morgan fingerprint density at radius 3 is 2.36 bits per heavy atom. The van der Waals surface area contributed by atoms with E-state index in [1.54, 1.807) is 0 Å². The van der Waals surface area contributed by atoms with Crippen LogP contribution in [0.3, 0.4) is 0 Å². The van der Waals surface area contributed by atoms with E-state index in [1.165, 1.54) is 0 Å². The van der Waals surface area contributed by atoms with Gasteiger partial charge in [0, 0.05) is 12.8 Å². The number of carbonyl (C=O) groups is 2. The van der Waals surface area contributed by atoms with Gasteiger partial charge in [-0.1, -0.05) is 24.6 Å². The Morgan fingerprint density at radius 1 is 1.08 bits per heavy atom. The predicted molar refractivity (Wildman–Crippen MR) is 103 cm³/mol. The molecule has 1 rings (SSSR count). The van der Waals surface area contributed by atoms with Crippen molar-refractivity contribution in [3.05, 3.63) is 40.0 Å². The van der Waals surface area contributed by atoms with Crippen molar-refractivity contribution >= 4 is 34.5 Å². The Balaban J connectivity index is 2.11. The molecule has 0 spiro atoms. The molecule has 1 aromatic rings. The molecule has 0 saturated carbocycles. The second-order valence-electron chi connectivity index (χ2n) is 5.20. The van der Waals surface area contributed by atoms with Gasteiger partial charge in [0.15, 0.2) is 6.61 Å². The third-order valence-corrected chi connectivity index (χ3v) is 3.93. The number of ether oxygens (including phenoxy) is 3. The fourth-order valence-corrected chi connectivity index (χ4v) is 2.31. The number of unbranched alkanes of at least 4 members (excludes halogenated alkanes) is 1. The summed E-state index contributed by atoms with van der Waals surface area (Å²) in [5, 5.41) is 0. The van der Waals surface area contributed by atoms with Gasteiger partial charge in [0.25, 0.3) is 0 Å². The van der Waals surface area contributed by atoms with Crippen LogP contribution in [0.2, 0.25) is 0 Å². The first-order valence-electron chi connectivity index (χ1n) is 7.81. The molecule has 0 N–H and O–H groups in total.